The molecule has 0 aliphatic carbocycles. The molecule has 0 saturated heterocycles. The maximum atomic E-state index is 3.71. The second-order valence-electron chi connectivity index (χ2n) is 9.69. The number of benzene rings is 6. The lowest BCUT2D eigenvalue weighted by Gasteiger charge is -2.24. The molecular weight excluding hydrogens is 647 g/mol. The monoisotopic (exact) mass is 672 g/mol. The van der Waals surface area contributed by atoms with Gasteiger partial charge in [0.25, 0.3) is 0 Å². The molecule has 0 aliphatic heterocycles. The molecule has 0 fully saturated rings. The van der Waals surface area contributed by atoms with Crippen LogP contribution >= 0.6 is 39.8 Å². The Balaban J connectivity index is 1.59. The number of hydrogen-bond acceptors (Lipinski definition) is 0. The predicted octanol–water partition coefficient (Wildman–Crippen LogP) is 10.2. The first-order chi connectivity index (χ1) is 20.2. The first-order valence-electron chi connectivity index (χ1n) is 13.5. The summed E-state index contributed by atoms with van der Waals surface area (Å²) in [6, 6.07) is 56.7. The Morgan fingerprint density at radius 2 is 1.05 bits per heavy atom. The van der Waals surface area contributed by atoms with E-state index in [0.717, 1.165) is 20.1 Å². The van der Waals surface area contributed by atoms with Crippen LogP contribution in [0.2, 0.25) is 0 Å². The highest BCUT2D eigenvalue weighted by Gasteiger charge is 2.22. The molecule has 0 nitrogen and oxygen atoms in total. The van der Waals surface area contributed by atoms with Crippen molar-refractivity contribution >= 4 is 67.3 Å². The minimum Gasteiger partial charge on any atom is -0.0622 e. The van der Waals surface area contributed by atoms with E-state index < -0.39 is 7.92 Å². The van der Waals surface area contributed by atoms with Gasteiger partial charge in [-0.15, -0.1) is 0 Å². The molecule has 6 aromatic carbocycles. The van der Waals surface area contributed by atoms with Gasteiger partial charge in [-0.1, -0.05) is 165 Å². The second kappa shape index (κ2) is 13.0. The van der Waals surface area contributed by atoms with Crippen LogP contribution in [0.15, 0.2) is 167 Å². The smallest absolute Gasteiger partial charge is 0.0181 e. The molecule has 0 unspecified atom stereocenters. The third-order valence-electron chi connectivity index (χ3n) is 6.98. The van der Waals surface area contributed by atoms with Gasteiger partial charge in [-0.2, -0.15) is 0 Å². The van der Waals surface area contributed by atoms with Crippen LogP contribution in [-0.4, -0.2) is 0 Å². The van der Waals surface area contributed by atoms with Crippen LogP contribution < -0.4 is 15.9 Å². The standard InChI is InChI=1S/C38H27Br2P/c39-30-15-11-13-28(25-30)26-37(29-14-12-16-31(40)27-29)35-22-8-7-21-34(35)36-23-9-10-24-38(36)41(32-17-3-1-4-18-32)33-19-5-2-6-20-33/h1-27H/b37-26+. The van der Waals surface area contributed by atoms with Crippen molar-refractivity contribution in [1.82, 2.24) is 0 Å². The van der Waals surface area contributed by atoms with Gasteiger partial charge < -0.3 is 0 Å². The zero-order valence-electron chi connectivity index (χ0n) is 22.3. The molecule has 0 spiro atoms. The Bertz CT molecular complexity index is 1770. The largest absolute Gasteiger partial charge is 0.0622 e. The van der Waals surface area contributed by atoms with Crippen molar-refractivity contribution in [2.75, 3.05) is 0 Å². The molecule has 0 heterocycles. The Morgan fingerprint density at radius 3 is 1.71 bits per heavy atom. The fourth-order valence-corrected chi connectivity index (χ4v) is 8.45. The van der Waals surface area contributed by atoms with E-state index in [9.17, 15) is 0 Å². The van der Waals surface area contributed by atoms with E-state index in [2.05, 4.69) is 196 Å². The van der Waals surface area contributed by atoms with Crippen molar-refractivity contribution < 1.29 is 0 Å². The van der Waals surface area contributed by atoms with Crippen molar-refractivity contribution in [2.45, 2.75) is 0 Å². The highest BCUT2D eigenvalue weighted by Crippen LogP contribution is 2.40. The molecular formula is C38H27Br2P. The SMILES string of the molecule is Brc1cccc(/C=C(\c2cccc(Br)c2)c2ccccc2-c2ccccc2P(c2ccccc2)c2ccccc2)c1. The third kappa shape index (κ3) is 6.36. The van der Waals surface area contributed by atoms with E-state index in [1.165, 1.54) is 38.2 Å². The molecule has 0 radical (unpaired) electrons. The molecule has 0 amide bonds. The summed E-state index contributed by atoms with van der Waals surface area (Å²) in [7, 11) is -0.767. The van der Waals surface area contributed by atoms with Crippen molar-refractivity contribution in [2.24, 2.45) is 0 Å². The van der Waals surface area contributed by atoms with Crippen LogP contribution in [0.4, 0.5) is 0 Å². The van der Waals surface area contributed by atoms with Gasteiger partial charge in [-0.25, -0.2) is 0 Å². The van der Waals surface area contributed by atoms with E-state index in [1.54, 1.807) is 0 Å². The summed E-state index contributed by atoms with van der Waals surface area (Å²) < 4.78 is 2.12. The summed E-state index contributed by atoms with van der Waals surface area (Å²) in [5.74, 6) is 0. The Hall–Kier alpha value is -3.55. The lowest BCUT2D eigenvalue weighted by molar-refractivity contribution is 1.52. The van der Waals surface area contributed by atoms with Crippen LogP contribution in [0.1, 0.15) is 16.7 Å². The fraction of sp³-hybridized carbons (Fsp3) is 0. The fourth-order valence-electron chi connectivity index (χ4n) is 5.17. The molecule has 0 saturated carbocycles. The minimum absolute atomic E-state index is 0.767. The molecule has 6 rings (SSSR count). The van der Waals surface area contributed by atoms with Gasteiger partial charge in [0.15, 0.2) is 0 Å². The molecule has 6 aromatic rings. The molecule has 41 heavy (non-hydrogen) atoms. The zero-order chi connectivity index (χ0) is 28.0. The number of rotatable bonds is 7. The van der Waals surface area contributed by atoms with Gasteiger partial charge in [-0.3, -0.25) is 0 Å². The first-order valence-corrected chi connectivity index (χ1v) is 16.4. The Labute approximate surface area is 260 Å². The van der Waals surface area contributed by atoms with Crippen LogP contribution in [0.5, 0.6) is 0 Å². The van der Waals surface area contributed by atoms with E-state index >= 15 is 0 Å². The van der Waals surface area contributed by atoms with E-state index in [1.807, 2.05) is 0 Å². The summed E-state index contributed by atoms with van der Waals surface area (Å²) in [5, 5.41) is 4.04. The van der Waals surface area contributed by atoms with Crippen molar-refractivity contribution in [3.8, 4) is 11.1 Å². The van der Waals surface area contributed by atoms with Gasteiger partial charge in [-0.05, 0) is 87.6 Å². The maximum Gasteiger partial charge on any atom is 0.0181 e. The summed E-state index contributed by atoms with van der Waals surface area (Å²) in [6.07, 6.45) is 2.30. The summed E-state index contributed by atoms with van der Waals surface area (Å²) in [6.45, 7) is 0. The third-order valence-corrected chi connectivity index (χ3v) is 10.5. The van der Waals surface area contributed by atoms with Crippen molar-refractivity contribution in [3.63, 3.8) is 0 Å². The minimum atomic E-state index is -0.767. The molecule has 0 atom stereocenters. The average Bonchev–Trinajstić information content (AvgIpc) is 3.01. The van der Waals surface area contributed by atoms with Crippen LogP contribution in [-0.2, 0) is 0 Å². The van der Waals surface area contributed by atoms with Crippen LogP contribution in [0.3, 0.4) is 0 Å². The van der Waals surface area contributed by atoms with E-state index in [0.29, 0.717) is 0 Å². The average molecular weight is 674 g/mol. The van der Waals surface area contributed by atoms with E-state index in [-0.39, 0.29) is 0 Å². The van der Waals surface area contributed by atoms with Gasteiger partial charge in [0.2, 0.25) is 0 Å². The summed E-state index contributed by atoms with van der Waals surface area (Å²) in [4.78, 5) is 0. The van der Waals surface area contributed by atoms with Crippen molar-refractivity contribution in [3.05, 3.63) is 183 Å². The second-order valence-corrected chi connectivity index (χ2v) is 13.7. The topological polar surface area (TPSA) is 0 Å². The van der Waals surface area contributed by atoms with Crippen LogP contribution in [0, 0.1) is 0 Å². The van der Waals surface area contributed by atoms with Gasteiger partial charge >= 0.3 is 0 Å². The molecule has 3 heteroatoms. The van der Waals surface area contributed by atoms with Gasteiger partial charge in [0.1, 0.15) is 0 Å². The van der Waals surface area contributed by atoms with E-state index in [4.69, 9.17) is 0 Å². The highest BCUT2D eigenvalue weighted by atomic mass is 79.9. The summed E-state index contributed by atoms with van der Waals surface area (Å²) in [5.41, 5.74) is 7.18. The number of halogens is 2. The lowest BCUT2D eigenvalue weighted by Crippen LogP contribution is -2.22. The Morgan fingerprint density at radius 1 is 0.488 bits per heavy atom. The molecule has 0 aromatic heterocycles. The number of hydrogen-bond donors (Lipinski definition) is 0. The Kier molecular flexibility index (Phi) is 8.73. The van der Waals surface area contributed by atoms with Gasteiger partial charge in [0.05, 0.1) is 0 Å². The predicted molar refractivity (Wildman–Crippen MR) is 186 cm³/mol. The summed E-state index contributed by atoms with van der Waals surface area (Å²) >= 11 is 7.38. The molecule has 198 valence electrons. The van der Waals surface area contributed by atoms with Crippen molar-refractivity contribution in [1.29, 1.82) is 0 Å². The molecule has 0 aliphatic rings. The molecule has 0 N–H and O–H groups in total. The zero-order valence-corrected chi connectivity index (χ0v) is 26.4. The lowest BCUT2D eigenvalue weighted by atomic mass is 9.89. The quantitative estimate of drug-likeness (QED) is 0.117. The highest BCUT2D eigenvalue weighted by molar-refractivity contribution is 9.10. The molecule has 0 bridgehead atoms. The maximum absolute atomic E-state index is 3.71. The first kappa shape index (κ1) is 27.6. The van der Waals surface area contributed by atoms with Gasteiger partial charge in [0, 0.05) is 8.95 Å². The normalized spacial score (nSPS) is 11.5. The van der Waals surface area contributed by atoms with Crippen LogP contribution in [0.25, 0.3) is 22.8 Å².